The highest BCUT2D eigenvalue weighted by Gasteiger charge is 2.55. The number of amides is 1. The number of hydrogen-bond acceptors (Lipinski definition) is 3. The molecule has 94 valence electrons. The van der Waals surface area contributed by atoms with Crippen molar-refractivity contribution in [2.75, 3.05) is 0 Å². The number of rotatable bonds is 1. The summed E-state index contributed by atoms with van der Waals surface area (Å²) >= 11 is 0. The molecule has 0 heterocycles. The Bertz CT molecular complexity index is 328. The van der Waals surface area contributed by atoms with E-state index < -0.39 is 0 Å². The van der Waals surface area contributed by atoms with Gasteiger partial charge in [-0.2, -0.15) is 5.48 Å². The zero-order chi connectivity index (χ0) is 12.0. The van der Waals surface area contributed by atoms with Gasteiger partial charge in [-0.05, 0) is 56.3 Å². The second kappa shape index (κ2) is 3.72. The average molecular weight is 237 g/mol. The maximum atomic E-state index is 12.2. The molecule has 0 atom stereocenters. The van der Waals surface area contributed by atoms with E-state index in [9.17, 15) is 9.59 Å². The Morgan fingerprint density at radius 1 is 1.06 bits per heavy atom. The summed E-state index contributed by atoms with van der Waals surface area (Å²) < 4.78 is 0. The van der Waals surface area contributed by atoms with Crippen molar-refractivity contribution < 1.29 is 14.4 Å². The van der Waals surface area contributed by atoms with Gasteiger partial charge in [-0.15, -0.1) is 0 Å². The fourth-order valence-electron chi connectivity index (χ4n) is 4.59. The molecular weight excluding hydrogens is 218 g/mol. The van der Waals surface area contributed by atoms with E-state index in [1.54, 1.807) is 0 Å². The first kappa shape index (κ1) is 11.1. The predicted octanol–water partition coefficient (Wildman–Crippen LogP) is 1.80. The number of hydrogen-bond donors (Lipinski definition) is 1. The monoisotopic (exact) mass is 237 g/mol. The summed E-state index contributed by atoms with van der Waals surface area (Å²) in [5.41, 5.74) is 1.90. The van der Waals surface area contributed by atoms with Crippen molar-refractivity contribution in [3.05, 3.63) is 0 Å². The van der Waals surface area contributed by atoms with Crippen LogP contribution < -0.4 is 5.48 Å². The molecule has 4 heteroatoms. The van der Waals surface area contributed by atoms with Crippen molar-refractivity contribution in [2.24, 2.45) is 23.2 Å². The molecule has 17 heavy (non-hydrogen) atoms. The van der Waals surface area contributed by atoms with Crippen LogP contribution in [0.5, 0.6) is 0 Å². The van der Waals surface area contributed by atoms with Gasteiger partial charge in [0.05, 0.1) is 5.41 Å². The van der Waals surface area contributed by atoms with Crippen LogP contribution >= 0.6 is 0 Å². The van der Waals surface area contributed by atoms with Crippen molar-refractivity contribution in [3.8, 4) is 0 Å². The van der Waals surface area contributed by atoms with Gasteiger partial charge in [0.15, 0.2) is 0 Å². The lowest BCUT2D eigenvalue weighted by Gasteiger charge is -2.54. The lowest BCUT2D eigenvalue weighted by molar-refractivity contribution is -0.181. The van der Waals surface area contributed by atoms with Crippen LogP contribution in [0.3, 0.4) is 0 Å². The highest BCUT2D eigenvalue weighted by atomic mass is 16.7. The predicted molar refractivity (Wildman–Crippen MR) is 60.5 cm³/mol. The summed E-state index contributed by atoms with van der Waals surface area (Å²) in [6.07, 6.45) is 6.80. The van der Waals surface area contributed by atoms with E-state index in [1.807, 2.05) is 0 Å². The van der Waals surface area contributed by atoms with Crippen LogP contribution in [0.25, 0.3) is 0 Å². The second-order valence-electron chi connectivity index (χ2n) is 6.25. The molecule has 0 spiro atoms. The maximum Gasteiger partial charge on any atom is 0.338 e. The smallest absolute Gasteiger partial charge is 0.338 e. The minimum atomic E-state index is -0.317. The van der Waals surface area contributed by atoms with E-state index in [2.05, 4.69) is 5.48 Å². The first-order chi connectivity index (χ1) is 8.07. The van der Waals surface area contributed by atoms with E-state index in [-0.39, 0.29) is 17.3 Å². The van der Waals surface area contributed by atoms with Crippen molar-refractivity contribution >= 4 is 11.9 Å². The molecule has 0 aliphatic heterocycles. The van der Waals surface area contributed by atoms with Crippen molar-refractivity contribution in [3.63, 3.8) is 0 Å². The summed E-state index contributed by atoms with van der Waals surface area (Å²) in [4.78, 5) is 27.9. The Hall–Kier alpha value is -1.06. The second-order valence-corrected chi connectivity index (χ2v) is 6.25. The van der Waals surface area contributed by atoms with Crippen LogP contribution in [0.2, 0.25) is 0 Å². The molecule has 0 radical (unpaired) electrons. The first-order valence-electron chi connectivity index (χ1n) is 6.55. The van der Waals surface area contributed by atoms with Crippen LogP contribution in [-0.4, -0.2) is 11.9 Å². The Labute approximate surface area is 101 Å². The van der Waals surface area contributed by atoms with Gasteiger partial charge in [0.1, 0.15) is 0 Å². The van der Waals surface area contributed by atoms with E-state index in [0.29, 0.717) is 17.8 Å². The van der Waals surface area contributed by atoms with Crippen LogP contribution in [-0.2, 0) is 14.4 Å². The molecule has 4 aliphatic carbocycles. The lowest BCUT2D eigenvalue weighted by atomic mass is 9.49. The zero-order valence-electron chi connectivity index (χ0n) is 10.2. The molecule has 0 unspecified atom stereocenters. The molecule has 0 aromatic rings. The molecule has 4 rings (SSSR count). The van der Waals surface area contributed by atoms with Crippen LogP contribution in [0, 0.1) is 23.2 Å². The van der Waals surface area contributed by atoms with Crippen molar-refractivity contribution in [1.82, 2.24) is 5.48 Å². The molecular formula is C13H19NO3. The normalized spacial score (nSPS) is 42.3. The molecule has 4 aliphatic rings. The third kappa shape index (κ3) is 1.83. The fourth-order valence-corrected chi connectivity index (χ4v) is 4.59. The Kier molecular flexibility index (Phi) is 2.42. The number of carbonyl (C=O) groups is 2. The van der Waals surface area contributed by atoms with Crippen LogP contribution in [0.1, 0.15) is 45.4 Å². The van der Waals surface area contributed by atoms with Gasteiger partial charge in [0.25, 0.3) is 0 Å². The van der Waals surface area contributed by atoms with E-state index in [1.165, 1.54) is 26.2 Å². The topological polar surface area (TPSA) is 55.4 Å². The maximum absolute atomic E-state index is 12.2. The van der Waals surface area contributed by atoms with Crippen LogP contribution in [0.15, 0.2) is 0 Å². The van der Waals surface area contributed by atoms with Gasteiger partial charge in [0.2, 0.25) is 5.91 Å². The fraction of sp³-hybridized carbons (Fsp3) is 0.846. The van der Waals surface area contributed by atoms with Gasteiger partial charge in [-0.1, -0.05) is 0 Å². The Morgan fingerprint density at radius 2 is 1.53 bits per heavy atom. The summed E-state index contributed by atoms with van der Waals surface area (Å²) in [5.74, 6) is 1.62. The van der Waals surface area contributed by atoms with E-state index in [0.717, 1.165) is 19.3 Å². The number of carbonyl (C=O) groups excluding carboxylic acids is 2. The summed E-state index contributed by atoms with van der Waals surface area (Å²) in [7, 11) is 0. The van der Waals surface area contributed by atoms with E-state index in [4.69, 9.17) is 4.84 Å². The summed E-state index contributed by atoms with van der Waals surface area (Å²) in [6, 6.07) is 0. The van der Waals surface area contributed by atoms with Crippen molar-refractivity contribution in [1.29, 1.82) is 0 Å². The highest BCUT2D eigenvalue weighted by Crippen LogP contribution is 2.60. The minimum absolute atomic E-state index is 0.202. The molecule has 4 nitrogen and oxygen atoms in total. The molecule has 0 aromatic carbocycles. The Balaban J connectivity index is 1.73. The van der Waals surface area contributed by atoms with Crippen LogP contribution in [0.4, 0.5) is 0 Å². The quantitative estimate of drug-likeness (QED) is 0.707. The number of hydroxylamine groups is 1. The van der Waals surface area contributed by atoms with E-state index >= 15 is 0 Å². The molecule has 0 aromatic heterocycles. The van der Waals surface area contributed by atoms with Gasteiger partial charge >= 0.3 is 5.97 Å². The third-order valence-corrected chi connectivity index (χ3v) is 4.76. The standard InChI is InChI=1S/C13H19NO3/c1-8(15)14-17-12(16)13-5-9-2-10(6-13)4-11(3-9)7-13/h9-11H,2-7H2,1H3,(H,14,15). The Morgan fingerprint density at radius 3 is 1.94 bits per heavy atom. The van der Waals surface area contributed by atoms with Crippen molar-refractivity contribution in [2.45, 2.75) is 45.4 Å². The third-order valence-electron chi connectivity index (χ3n) is 4.76. The molecule has 0 saturated heterocycles. The largest absolute Gasteiger partial charge is 0.340 e. The van der Waals surface area contributed by atoms with Gasteiger partial charge < -0.3 is 4.84 Å². The molecule has 1 amide bonds. The van der Waals surface area contributed by atoms with Gasteiger partial charge in [-0.25, -0.2) is 4.79 Å². The van der Waals surface area contributed by atoms with Gasteiger partial charge in [-0.3, -0.25) is 4.79 Å². The summed E-state index contributed by atoms with van der Waals surface area (Å²) in [5, 5.41) is 0. The highest BCUT2D eigenvalue weighted by molar-refractivity contribution is 5.80. The van der Waals surface area contributed by atoms with Gasteiger partial charge in [0, 0.05) is 6.92 Å². The first-order valence-corrected chi connectivity index (χ1v) is 6.55. The average Bonchev–Trinajstić information content (AvgIpc) is 2.23. The minimum Gasteiger partial charge on any atom is -0.340 e. The molecule has 4 saturated carbocycles. The summed E-state index contributed by atoms with van der Waals surface area (Å²) in [6.45, 7) is 1.35. The lowest BCUT2D eigenvalue weighted by Crippen LogP contribution is -2.51. The molecule has 4 fully saturated rings. The molecule has 4 bridgehead atoms. The zero-order valence-corrected chi connectivity index (χ0v) is 10.2. The molecule has 1 N–H and O–H groups in total. The number of nitrogens with one attached hydrogen (secondary N) is 1. The SMILES string of the molecule is CC(=O)NOC(=O)C12CC3CC(CC(C3)C1)C2.